The maximum Gasteiger partial charge on any atom is 0.260 e. The van der Waals surface area contributed by atoms with Gasteiger partial charge in [-0.2, -0.15) is 0 Å². The van der Waals surface area contributed by atoms with E-state index in [-0.39, 0.29) is 18.3 Å². The fourth-order valence-electron chi connectivity index (χ4n) is 3.40. The predicted molar refractivity (Wildman–Crippen MR) is 133 cm³/mol. The number of amides is 1. The summed E-state index contributed by atoms with van der Waals surface area (Å²) >= 11 is 3.25. The maximum atomic E-state index is 13.4. The number of carbonyl (C=O) groups excluding carboxylic acids is 1. The third kappa shape index (κ3) is 5.29. The van der Waals surface area contributed by atoms with Crippen LogP contribution in [0.4, 0.5) is 5.13 Å². The first kappa shape index (κ1) is 23.3. The van der Waals surface area contributed by atoms with Crippen LogP contribution < -0.4 is 4.90 Å². The second-order valence-electron chi connectivity index (χ2n) is 6.95. The van der Waals surface area contributed by atoms with E-state index in [0.717, 1.165) is 39.6 Å². The molecule has 2 aromatic heterocycles. The van der Waals surface area contributed by atoms with E-state index in [1.807, 2.05) is 46.2 Å². The third-order valence-corrected chi connectivity index (χ3v) is 6.83. The van der Waals surface area contributed by atoms with Crippen molar-refractivity contribution in [2.75, 3.05) is 17.7 Å². The molecule has 5 nitrogen and oxygen atoms in total. The zero-order valence-corrected chi connectivity index (χ0v) is 20.0. The highest BCUT2D eigenvalue weighted by molar-refractivity contribution is 7.98. The Morgan fingerprint density at radius 1 is 1.19 bits per heavy atom. The number of thioether (sulfide) groups is 1. The van der Waals surface area contributed by atoms with Gasteiger partial charge in [0.15, 0.2) is 5.13 Å². The minimum atomic E-state index is -0.00890. The van der Waals surface area contributed by atoms with E-state index < -0.39 is 0 Å². The van der Waals surface area contributed by atoms with E-state index in [1.54, 1.807) is 35.6 Å². The molecule has 4 aromatic rings. The van der Waals surface area contributed by atoms with Gasteiger partial charge in [-0.25, -0.2) is 9.97 Å². The maximum absolute atomic E-state index is 13.4. The lowest BCUT2D eigenvalue weighted by Gasteiger charge is -2.20. The summed E-state index contributed by atoms with van der Waals surface area (Å²) < 4.78 is 3.15. The lowest BCUT2D eigenvalue weighted by Crippen LogP contribution is -2.32. The zero-order chi connectivity index (χ0) is 20.9. The summed E-state index contributed by atoms with van der Waals surface area (Å²) in [6.45, 7) is 3.54. The Balaban J connectivity index is 0.00000272. The number of aryl methyl sites for hydroxylation is 2. The Morgan fingerprint density at radius 2 is 2.00 bits per heavy atom. The molecule has 4 rings (SSSR count). The van der Waals surface area contributed by atoms with Crippen molar-refractivity contribution >= 4 is 56.8 Å². The quantitative estimate of drug-likeness (QED) is 0.298. The van der Waals surface area contributed by atoms with E-state index in [2.05, 4.69) is 30.1 Å². The molecule has 0 N–H and O–H groups in total. The van der Waals surface area contributed by atoms with Gasteiger partial charge >= 0.3 is 0 Å². The summed E-state index contributed by atoms with van der Waals surface area (Å²) in [6.07, 6.45) is 9.30. The summed E-state index contributed by atoms with van der Waals surface area (Å²) in [5.41, 5.74) is 2.90. The van der Waals surface area contributed by atoms with Crippen LogP contribution in [0.1, 0.15) is 29.3 Å². The SMILES string of the molecule is CCc1cccc2sc(N(CCCn3ccnc3)C(=O)c3ccc(SC)cc3)nc12.Cl. The number of anilines is 1. The fraction of sp³-hybridized carbons (Fsp3) is 0.261. The van der Waals surface area contributed by atoms with Gasteiger partial charge in [0, 0.05) is 35.9 Å². The largest absolute Gasteiger partial charge is 0.337 e. The molecule has 0 saturated carbocycles. The second kappa shape index (κ2) is 10.8. The molecule has 0 fully saturated rings. The molecule has 31 heavy (non-hydrogen) atoms. The first-order valence-electron chi connectivity index (χ1n) is 9.99. The van der Waals surface area contributed by atoms with Gasteiger partial charge in [-0.15, -0.1) is 24.2 Å². The molecule has 0 aliphatic carbocycles. The highest BCUT2D eigenvalue weighted by Crippen LogP contribution is 2.32. The Hall–Kier alpha value is -2.35. The third-order valence-electron chi connectivity index (χ3n) is 5.04. The van der Waals surface area contributed by atoms with E-state index in [1.165, 1.54) is 5.56 Å². The monoisotopic (exact) mass is 472 g/mol. The second-order valence-corrected chi connectivity index (χ2v) is 8.84. The van der Waals surface area contributed by atoms with Crippen molar-refractivity contribution in [1.82, 2.24) is 14.5 Å². The van der Waals surface area contributed by atoms with Crippen LogP contribution in [-0.2, 0) is 13.0 Å². The van der Waals surface area contributed by atoms with Crippen molar-refractivity contribution in [3.05, 3.63) is 72.3 Å². The first-order chi connectivity index (χ1) is 14.7. The smallest absolute Gasteiger partial charge is 0.260 e. The van der Waals surface area contributed by atoms with Crippen LogP contribution >= 0.6 is 35.5 Å². The highest BCUT2D eigenvalue weighted by Gasteiger charge is 2.21. The predicted octanol–water partition coefficient (Wildman–Crippen LogP) is 5.94. The van der Waals surface area contributed by atoms with Crippen LogP contribution in [0.2, 0.25) is 0 Å². The Kier molecular flexibility index (Phi) is 8.12. The summed E-state index contributed by atoms with van der Waals surface area (Å²) in [5, 5.41) is 0.760. The summed E-state index contributed by atoms with van der Waals surface area (Å²) in [4.78, 5) is 25.4. The van der Waals surface area contributed by atoms with Gasteiger partial charge in [-0.05, 0) is 55.0 Å². The van der Waals surface area contributed by atoms with Gasteiger partial charge in [-0.3, -0.25) is 9.69 Å². The number of carbonyl (C=O) groups is 1. The molecule has 0 unspecified atom stereocenters. The van der Waals surface area contributed by atoms with Crippen LogP contribution in [0.15, 0.2) is 66.1 Å². The van der Waals surface area contributed by atoms with Crippen molar-refractivity contribution in [2.24, 2.45) is 0 Å². The number of fused-ring (bicyclic) bond motifs is 1. The number of rotatable bonds is 8. The number of benzene rings is 2. The molecule has 0 aliphatic heterocycles. The summed E-state index contributed by atoms with van der Waals surface area (Å²) in [7, 11) is 0. The molecule has 0 radical (unpaired) electrons. The molecule has 8 heteroatoms. The molecule has 0 saturated heterocycles. The van der Waals surface area contributed by atoms with Crippen LogP contribution in [0.3, 0.4) is 0 Å². The van der Waals surface area contributed by atoms with E-state index in [0.29, 0.717) is 12.1 Å². The molecule has 1 amide bonds. The zero-order valence-electron chi connectivity index (χ0n) is 17.5. The number of halogens is 1. The topological polar surface area (TPSA) is 51.0 Å². The normalized spacial score (nSPS) is 10.8. The molecule has 0 bridgehead atoms. The molecule has 0 atom stereocenters. The Bertz CT molecular complexity index is 1130. The van der Waals surface area contributed by atoms with Gasteiger partial charge in [-0.1, -0.05) is 30.4 Å². The van der Waals surface area contributed by atoms with E-state index in [4.69, 9.17) is 4.98 Å². The number of thiazole rings is 1. The molecular formula is C23H25ClN4OS2. The van der Waals surface area contributed by atoms with Crippen LogP contribution in [0.25, 0.3) is 10.2 Å². The molecule has 0 spiro atoms. The lowest BCUT2D eigenvalue weighted by atomic mass is 10.1. The van der Waals surface area contributed by atoms with Crippen molar-refractivity contribution in [1.29, 1.82) is 0 Å². The lowest BCUT2D eigenvalue weighted by molar-refractivity contribution is 0.0986. The number of hydrogen-bond donors (Lipinski definition) is 0. The van der Waals surface area contributed by atoms with E-state index in [9.17, 15) is 4.79 Å². The van der Waals surface area contributed by atoms with Crippen molar-refractivity contribution in [2.45, 2.75) is 31.2 Å². The minimum absolute atomic E-state index is 0. The van der Waals surface area contributed by atoms with Crippen LogP contribution in [0, 0.1) is 0 Å². The summed E-state index contributed by atoms with van der Waals surface area (Å²) in [6, 6.07) is 14.1. The van der Waals surface area contributed by atoms with Crippen molar-refractivity contribution in [3.8, 4) is 0 Å². The molecule has 2 aromatic carbocycles. The first-order valence-corrected chi connectivity index (χ1v) is 12.0. The summed E-state index contributed by atoms with van der Waals surface area (Å²) in [5.74, 6) is -0.00890. The van der Waals surface area contributed by atoms with Crippen LogP contribution in [-0.4, -0.2) is 33.2 Å². The Morgan fingerprint density at radius 3 is 2.68 bits per heavy atom. The minimum Gasteiger partial charge on any atom is -0.337 e. The van der Waals surface area contributed by atoms with Gasteiger partial charge in [0.1, 0.15) is 0 Å². The van der Waals surface area contributed by atoms with Crippen molar-refractivity contribution in [3.63, 3.8) is 0 Å². The fourth-order valence-corrected chi connectivity index (χ4v) is 4.84. The Labute approximate surface area is 196 Å². The standard InChI is InChI=1S/C23H24N4OS2.ClH/c1-3-17-6-4-7-20-21(17)25-23(30-20)27(14-5-13-26-15-12-24-16-26)22(28)18-8-10-19(29-2)11-9-18;/h4,6-12,15-16H,3,5,13-14H2,1-2H3;1H. The van der Waals surface area contributed by atoms with Crippen molar-refractivity contribution < 1.29 is 4.79 Å². The number of hydrogen-bond acceptors (Lipinski definition) is 5. The molecule has 0 aliphatic rings. The average Bonchev–Trinajstić information content (AvgIpc) is 3.46. The van der Waals surface area contributed by atoms with E-state index >= 15 is 0 Å². The van der Waals surface area contributed by atoms with Gasteiger partial charge < -0.3 is 4.57 Å². The molecule has 162 valence electrons. The van der Waals surface area contributed by atoms with Crippen LogP contribution in [0.5, 0.6) is 0 Å². The van der Waals surface area contributed by atoms with Gasteiger partial charge in [0.05, 0.1) is 16.5 Å². The number of nitrogens with zero attached hydrogens (tertiary/aromatic N) is 4. The van der Waals surface area contributed by atoms with Gasteiger partial charge in [0.2, 0.25) is 0 Å². The number of aromatic nitrogens is 3. The molecule has 2 heterocycles. The number of para-hydroxylation sites is 1. The highest BCUT2D eigenvalue weighted by atomic mass is 35.5. The number of imidazole rings is 1. The average molecular weight is 473 g/mol. The van der Waals surface area contributed by atoms with Gasteiger partial charge in [0.25, 0.3) is 5.91 Å². The molecular weight excluding hydrogens is 448 g/mol.